The first kappa shape index (κ1) is 14.9. The SMILES string of the molecule is O=S(=O)(Nc1ccc2sccc2c1)c1cnn(-c2ccccc2)c1. The van der Waals surface area contributed by atoms with E-state index in [9.17, 15) is 8.42 Å². The second-order valence-electron chi connectivity index (χ2n) is 5.23. The van der Waals surface area contributed by atoms with E-state index < -0.39 is 10.0 Å². The molecule has 4 rings (SSSR count). The molecule has 0 aliphatic heterocycles. The Morgan fingerprint density at radius 3 is 2.71 bits per heavy atom. The van der Waals surface area contributed by atoms with E-state index in [0.717, 1.165) is 15.8 Å². The molecule has 4 aromatic rings. The van der Waals surface area contributed by atoms with Crippen LogP contribution in [0.3, 0.4) is 0 Å². The summed E-state index contributed by atoms with van der Waals surface area (Å²) in [6, 6.07) is 16.8. The molecule has 0 aliphatic carbocycles. The maximum Gasteiger partial charge on any atom is 0.265 e. The van der Waals surface area contributed by atoms with Gasteiger partial charge in [-0.1, -0.05) is 18.2 Å². The van der Waals surface area contributed by atoms with Gasteiger partial charge in [-0.05, 0) is 47.2 Å². The molecule has 0 fully saturated rings. The predicted molar refractivity (Wildman–Crippen MR) is 96.2 cm³/mol. The van der Waals surface area contributed by atoms with E-state index in [4.69, 9.17) is 0 Å². The molecule has 120 valence electrons. The third-order valence-electron chi connectivity index (χ3n) is 3.59. The van der Waals surface area contributed by atoms with Crippen LogP contribution in [-0.2, 0) is 10.0 Å². The molecular weight excluding hydrogens is 342 g/mol. The molecule has 2 aromatic heterocycles. The Labute approximate surface area is 143 Å². The summed E-state index contributed by atoms with van der Waals surface area (Å²) in [6.07, 6.45) is 2.85. The fourth-order valence-corrected chi connectivity index (χ4v) is 4.16. The number of sulfonamides is 1. The third kappa shape index (κ3) is 2.79. The molecule has 0 bridgehead atoms. The maximum atomic E-state index is 12.6. The number of nitrogens with one attached hydrogen (secondary N) is 1. The summed E-state index contributed by atoms with van der Waals surface area (Å²) in [5.41, 5.74) is 1.34. The highest BCUT2D eigenvalue weighted by atomic mass is 32.2. The van der Waals surface area contributed by atoms with Crippen LogP contribution in [0.15, 0.2) is 77.3 Å². The zero-order chi connectivity index (χ0) is 16.6. The van der Waals surface area contributed by atoms with E-state index >= 15 is 0 Å². The molecule has 7 heteroatoms. The number of aromatic nitrogens is 2. The van der Waals surface area contributed by atoms with Gasteiger partial charge in [-0.25, -0.2) is 13.1 Å². The number of hydrogen-bond donors (Lipinski definition) is 1. The summed E-state index contributed by atoms with van der Waals surface area (Å²) in [7, 11) is -3.68. The lowest BCUT2D eigenvalue weighted by molar-refractivity contribution is 0.601. The lowest BCUT2D eigenvalue weighted by Gasteiger charge is -2.06. The molecule has 0 saturated carbocycles. The van der Waals surface area contributed by atoms with Crippen molar-refractivity contribution in [2.24, 2.45) is 0 Å². The summed E-state index contributed by atoms with van der Waals surface area (Å²) in [6.45, 7) is 0. The fraction of sp³-hybridized carbons (Fsp3) is 0. The summed E-state index contributed by atoms with van der Waals surface area (Å²) in [5, 5.41) is 7.13. The number of nitrogens with zero attached hydrogens (tertiary/aromatic N) is 2. The lowest BCUT2D eigenvalue weighted by Crippen LogP contribution is -2.12. The van der Waals surface area contributed by atoms with Crippen LogP contribution in [-0.4, -0.2) is 18.2 Å². The molecular formula is C17H13N3O2S2. The van der Waals surface area contributed by atoms with Crippen molar-refractivity contribution in [3.63, 3.8) is 0 Å². The highest BCUT2D eigenvalue weighted by molar-refractivity contribution is 7.92. The van der Waals surface area contributed by atoms with Crippen LogP contribution in [0.4, 0.5) is 5.69 Å². The van der Waals surface area contributed by atoms with Crippen molar-refractivity contribution in [3.8, 4) is 5.69 Å². The largest absolute Gasteiger partial charge is 0.280 e. The number of benzene rings is 2. The van der Waals surface area contributed by atoms with E-state index in [0.29, 0.717) is 5.69 Å². The van der Waals surface area contributed by atoms with Crippen LogP contribution in [0.2, 0.25) is 0 Å². The van der Waals surface area contributed by atoms with Gasteiger partial charge < -0.3 is 0 Å². The van der Waals surface area contributed by atoms with Crippen molar-refractivity contribution >= 4 is 37.1 Å². The first-order valence-corrected chi connectivity index (χ1v) is 9.58. The number of rotatable bonds is 4. The summed E-state index contributed by atoms with van der Waals surface area (Å²) < 4.78 is 30.4. The van der Waals surface area contributed by atoms with Gasteiger partial charge in [0.25, 0.3) is 10.0 Å². The molecule has 2 aromatic carbocycles. The molecule has 0 saturated heterocycles. The maximum absolute atomic E-state index is 12.6. The normalized spacial score (nSPS) is 11.7. The quantitative estimate of drug-likeness (QED) is 0.604. The van der Waals surface area contributed by atoms with Gasteiger partial charge in [-0.15, -0.1) is 11.3 Å². The molecule has 0 amide bonds. The second kappa shape index (κ2) is 5.77. The van der Waals surface area contributed by atoms with Crippen LogP contribution in [0.5, 0.6) is 0 Å². The Kier molecular flexibility index (Phi) is 3.59. The topological polar surface area (TPSA) is 64.0 Å². The van der Waals surface area contributed by atoms with Crippen molar-refractivity contribution < 1.29 is 8.42 Å². The van der Waals surface area contributed by atoms with E-state index in [1.54, 1.807) is 17.4 Å². The van der Waals surface area contributed by atoms with Gasteiger partial charge in [0.05, 0.1) is 18.1 Å². The standard InChI is InChI=1S/C17H13N3O2S2/c21-24(22,19-14-6-7-17-13(10-14)8-9-23-17)16-11-18-20(12-16)15-4-2-1-3-5-15/h1-12,19H. The summed E-state index contributed by atoms with van der Waals surface area (Å²) >= 11 is 1.62. The molecule has 0 radical (unpaired) electrons. The number of anilines is 1. The van der Waals surface area contributed by atoms with E-state index in [2.05, 4.69) is 9.82 Å². The van der Waals surface area contributed by atoms with Crippen LogP contribution >= 0.6 is 11.3 Å². The minimum absolute atomic E-state index is 0.122. The van der Waals surface area contributed by atoms with Gasteiger partial charge in [0.2, 0.25) is 0 Å². The third-order valence-corrected chi connectivity index (χ3v) is 5.83. The van der Waals surface area contributed by atoms with Gasteiger partial charge in [-0.3, -0.25) is 4.72 Å². The van der Waals surface area contributed by atoms with Crippen LogP contribution in [0, 0.1) is 0 Å². The van der Waals surface area contributed by atoms with Crippen molar-refractivity contribution in [1.29, 1.82) is 0 Å². The summed E-state index contributed by atoms with van der Waals surface area (Å²) in [4.78, 5) is 0.122. The molecule has 24 heavy (non-hydrogen) atoms. The van der Waals surface area contributed by atoms with Crippen molar-refractivity contribution in [2.75, 3.05) is 4.72 Å². The molecule has 0 aliphatic rings. The van der Waals surface area contributed by atoms with Crippen molar-refractivity contribution in [2.45, 2.75) is 4.90 Å². The Morgan fingerprint density at radius 2 is 1.88 bits per heavy atom. The minimum atomic E-state index is -3.68. The highest BCUT2D eigenvalue weighted by Gasteiger charge is 2.17. The Morgan fingerprint density at radius 1 is 1.04 bits per heavy atom. The van der Waals surface area contributed by atoms with E-state index in [-0.39, 0.29) is 4.90 Å². The average Bonchev–Trinajstić information content (AvgIpc) is 3.24. The van der Waals surface area contributed by atoms with Gasteiger partial charge in [0.1, 0.15) is 4.90 Å². The minimum Gasteiger partial charge on any atom is -0.280 e. The van der Waals surface area contributed by atoms with Gasteiger partial charge in [0, 0.05) is 10.4 Å². The van der Waals surface area contributed by atoms with Gasteiger partial charge in [-0.2, -0.15) is 5.10 Å². The lowest BCUT2D eigenvalue weighted by atomic mass is 10.2. The Balaban J connectivity index is 1.64. The summed E-state index contributed by atoms with van der Waals surface area (Å²) in [5.74, 6) is 0. The monoisotopic (exact) mass is 355 g/mol. The van der Waals surface area contributed by atoms with Crippen LogP contribution in [0.1, 0.15) is 0 Å². The van der Waals surface area contributed by atoms with Crippen molar-refractivity contribution in [3.05, 3.63) is 72.4 Å². The Bertz CT molecular complexity index is 1100. The number of hydrogen-bond acceptors (Lipinski definition) is 4. The smallest absolute Gasteiger partial charge is 0.265 e. The predicted octanol–water partition coefficient (Wildman–Crippen LogP) is 3.89. The number of thiophene rings is 1. The average molecular weight is 355 g/mol. The van der Waals surface area contributed by atoms with E-state index in [1.165, 1.54) is 17.1 Å². The molecule has 0 spiro atoms. The molecule has 2 heterocycles. The Hall–Kier alpha value is -2.64. The van der Waals surface area contributed by atoms with Crippen molar-refractivity contribution in [1.82, 2.24) is 9.78 Å². The molecule has 1 N–H and O–H groups in total. The van der Waals surface area contributed by atoms with Gasteiger partial charge >= 0.3 is 0 Å². The fourth-order valence-electron chi connectivity index (χ4n) is 2.41. The molecule has 0 atom stereocenters. The highest BCUT2D eigenvalue weighted by Crippen LogP contribution is 2.25. The number of fused-ring (bicyclic) bond motifs is 1. The number of para-hydroxylation sites is 1. The van der Waals surface area contributed by atoms with Gasteiger partial charge in [0.15, 0.2) is 0 Å². The zero-order valence-corrected chi connectivity index (χ0v) is 14.1. The molecule has 0 unspecified atom stereocenters. The first-order valence-electron chi connectivity index (χ1n) is 7.22. The second-order valence-corrected chi connectivity index (χ2v) is 7.86. The zero-order valence-electron chi connectivity index (χ0n) is 12.5. The van der Waals surface area contributed by atoms with E-state index in [1.807, 2.05) is 53.9 Å². The van der Waals surface area contributed by atoms with Crippen LogP contribution in [0.25, 0.3) is 15.8 Å². The van der Waals surface area contributed by atoms with Crippen LogP contribution < -0.4 is 4.72 Å². The molecule has 5 nitrogen and oxygen atoms in total. The first-order chi connectivity index (χ1) is 11.6.